The summed E-state index contributed by atoms with van der Waals surface area (Å²) in [5, 5.41) is 6.13. The van der Waals surface area contributed by atoms with Crippen LogP contribution >= 0.6 is 0 Å². The van der Waals surface area contributed by atoms with Crippen molar-refractivity contribution in [1.82, 2.24) is 0 Å². The smallest absolute Gasteiger partial charge is 1.00 e. The van der Waals surface area contributed by atoms with Gasteiger partial charge in [0.1, 0.15) is 8.07 Å². The topological polar surface area (TPSA) is 0 Å². The Bertz CT molecular complexity index is 1160. The van der Waals surface area contributed by atoms with Crippen LogP contribution in [-0.2, 0) is 47.4 Å². The molecular formula is C39H51Cl3SiTi. The fourth-order valence-electron chi connectivity index (χ4n) is 6.28. The molecule has 4 aromatic carbocycles. The molecule has 0 unspecified atom stereocenters. The summed E-state index contributed by atoms with van der Waals surface area (Å²) < 4.78 is 0. The Labute approximate surface area is 303 Å². The summed E-state index contributed by atoms with van der Waals surface area (Å²) >= 11 is 0. The van der Waals surface area contributed by atoms with Gasteiger partial charge in [0.05, 0.1) is 0 Å². The normalized spacial score (nSPS) is 10.6. The molecule has 236 valence electrons. The van der Waals surface area contributed by atoms with E-state index < -0.39 is 8.07 Å². The SMILES string of the molecule is CCCCc1ccc([Si](c2ccc(CCCC)cc2)(c2ccc(CCCC)cc2)[c-]2cccc2CCCC)cc1.[Cl-].[Cl-].[Cl-].[Ti+4]. The number of unbranched alkanes of at least 4 members (excludes halogenated alkanes) is 4. The maximum absolute atomic E-state index is 2.50. The quantitative estimate of drug-likeness (QED) is 0.0814. The minimum atomic E-state index is -2.50. The second-order valence-corrected chi connectivity index (χ2v) is 15.5. The molecule has 44 heavy (non-hydrogen) atoms. The Kier molecular flexibility index (Phi) is 21.8. The standard InChI is InChI=1S/C39H51Si.3ClH.Ti/c1-5-9-14-32-20-26-36(27-21-32)40(39-19-13-18-35(39)17-12-8-4,37-28-22-33(23-29-37)15-10-6-2)38-30-24-34(25-31-38)16-11-7-3;;;;/h13,18-31H,5-12,14-17H2,1-4H3;3*1H;/q-1;;;;+4/p-3. The zero-order valence-electron chi connectivity index (χ0n) is 27.3. The third-order valence-electron chi connectivity index (χ3n) is 8.73. The van der Waals surface area contributed by atoms with Gasteiger partial charge >= 0.3 is 21.7 Å². The van der Waals surface area contributed by atoms with E-state index in [1.165, 1.54) is 103 Å². The van der Waals surface area contributed by atoms with Crippen molar-refractivity contribution < 1.29 is 58.9 Å². The molecule has 0 aliphatic heterocycles. The van der Waals surface area contributed by atoms with Crippen molar-refractivity contribution in [2.24, 2.45) is 0 Å². The molecule has 5 heteroatoms. The van der Waals surface area contributed by atoms with E-state index >= 15 is 0 Å². The van der Waals surface area contributed by atoms with E-state index in [4.69, 9.17) is 0 Å². The number of rotatable bonds is 16. The summed E-state index contributed by atoms with van der Waals surface area (Å²) in [5.41, 5.74) is 5.94. The summed E-state index contributed by atoms with van der Waals surface area (Å²) in [6.07, 6.45) is 14.6. The van der Waals surface area contributed by atoms with Crippen molar-refractivity contribution >= 4 is 28.8 Å². The van der Waals surface area contributed by atoms with Crippen LogP contribution in [0.15, 0.2) is 91.0 Å². The second kappa shape index (κ2) is 22.4. The van der Waals surface area contributed by atoms with Crippen molar-refractivity contribution in [2.45, 2.75) is 105 Å². The molecule has 0 aliphatic carbocycles. The minimum absolute atomic E-state index is 0. The van der Waals surface area contributed by atoms with Gasteiger partial charge < -0.3 is 37.2 Å². The maximum atomic E-state index is 2.49. The minimum Gasteiger partial charge on any atom is -1.00 e. The summed E-state index contributed by atoms with van der Waals surface area (Å²) in [7, 11) is -2.50. The first-order chi connectivity index (χ1) is 19.7. The Balaban J connectivity index is 0.00000462. The predicted molar refractivity (Wildman–Crippen MR) is 180 cm³/mol. The molecule has 0 bridgehead atoms. The first-order valence-electron chi connectivity index (χ1n) is 16.2. The molecule has 0 aromatic heterocycles. The second-order valence-electron chi connectivity index (χ2n) is 11.7. The number of halogens is 3. The molecule has 0 atom stereocenters. The van der Waals surface area contributed by atoms with Gasteiger partial charge in [-0.15, -0.1) is 5.19 Å². The van der Waals surface area contributed by atoms with Gasteiger partial charge in [-0.25, -0.2) is 12.1 Å². The van der Waals surface area contributed by atoms with Crippen LogP contribution in [0, 0.1) is 0 Å². The average molecular weight is 702 g/mol. The summed E-state index contributed by atoms with van der Waals surface area (Å²) in [6, 6.07) is 36.7. The Morgan fingerprint density at radius 3 is 1.09 bits per heavy atom. The molecular weight excluding hydrogens is 651 g/mol. The van der Waals surface area contributed by atoms with Crippen molar-refractivity contribution in [3.63, 3.8) is 0 Å². The van der Waals surface area contributed by atoms with Crippen LogP contribution in [0.1, 0.15) is 101 Å². The van der Waals surface area contributed by atoms with Crippen LogP contribution in [0.5, 0.6) is 0 Å². The first kappa shape index (κ1) is 42.8. The largest absolute Gasteiger partial charge is 4.00 e. The zero-order valence-corrected chi connectivity index (χ0v) is 32.1. The van der Waals surface area contributed by atoms with E-state index in [1.807, 2.05) is 0 Å². The third kappa shape index (κ3) is 10.4. The van der Waals surface area contributed by atoms with Gasteiger partial charge in [-0.1, -0.05) is 155 Å². The molecule has 0 saturated heterocycles. The van der Waals surface area contributed by atoms with Crippen LogP contribution in [-0.4, -0.2) is 8.07 Å². The summed E-state index contributed by atoms with van der Waals surface area (Å²) in [4.78, 5) is 0. The Morgan fingerprint density at radius 1 is 0.455 bits per heavy atom. The summed E-state index contributed by atoms with van der Waals surface area (Å²) in [6.45, 7) is 9.17. The fourth-order valence-corrected chi connectivity index (χ4v) is 11.3. The van der Waals surface area contributed by atoms with Crippen molar-refractivity contribution in [2.75, 3.05) is 0 Å². The van der Waals surface area contributed by atoms with Gasteiger partial charge in [-0.2, -0.15) is 11.6 Å². The van der Waals surface area contributed by atoms with Gasteiger partial charge in [0.25, 0.3) is 0 Å². The van der Waals surface area contributed by atoms with Gasteiger partial charge in [0.2, 0.25) is 0 Å². The number of hydrogen-bond acceptors (Lipinski definition) is 0. The van der Waals surface area contributed by atoms with Crippen molar-refractivity contribution in [1.29, 1.82) is 0 Å². The van der Waals surface area contributed by atoms with Crippen LogP contribution in [0.4, 0.5) is 0 Å². The van der Waals surface area contributed by atoms with Gasteiger partial charge in [-0.3, -0.25) is 0 Å². The van der Waals surface area contributed by atoms with Crippen LogP contribution in [0.25, 0.3) is 0 Å². The van der Waals surface area contributed by atoms with Crippen molar-refractivity contribution in [3.05, 3.63) is 113 Å². The predicted octanol–water partition coefficient (Wildman–Crippen LogP) is -0.837. The monoisotopic (exact) mass is 700 g/mol. The Hall–Kier alpha value is -1.19. The molecule has 0 amide bonds. The molecule has 4 aromatic rings. The van der Waals surface area contributed by atoms with Crippen LogP contribution in [0.3, 0.4) is 0 Å². The van der Waals surface area contributed by atoms with E-state index in [0.717, 1.165) is 6.42 Å². The molecule has 0 fully saturated rings. The number of benzene rings is 3. The van der Waals surface area contributed by atoms with E-state index in [9.17, 15) is 0 Å². The number of hydrogen-bond donors (Lipinski definition) is 0. The maximum Gasteiger partial charge on any atom is 4.00 e. The van der Waals surface area contributed by atoms with E-state index in [2.05, 4.69) is 119 Å². The van der Waals surface area contributed by atoms with E-state index in [-0.39, 0.29) is 58.9 Å². The molecule has 0 aliphatic rings. The van der Waals surface area contributed by atoms with E-state index in [0.29, 0.717) is 0 Å². The van der Waals surface area contributed by atoms with Crippen LogP contribution < -0.4 is 58.0 Å². The third-order valence-corrected chi connectivity index (χ3v) is 13.6. The Morgan fingerprint density at radius 2 is 0.773 bits per heavy atom. The first-order valence-corrected chi connectivity index (χ1v) is 18.2. The average Bonchev–Trinajstić information content (AvgIpc) is 3.47. The molecule has 0 heterocycles. The van der Waals surface area contributed by atoms with Crippen molar-refractivity contribution in [3.8, 4) is 0 Å². The molecule has 0 N–H and O–H groups in total. The molecule has 4 rings (SSSR count). The molecule has 0 radical (unpaired) electrons. The number of aryl methyl sites for hydroxylation is 4. The van der Waals surface area contributed by atoms with Gasteiger partial charge in [-0.05, 0) is 55.2 Å². The van der Waals surface area contributed by atoms with E-state index in [1.54, 1.807) is 10.8 Å². The fraction of sp³-hybridized carbons (Fsp3) is 0.410. The van der Waals surface area contributed by atoms with Crippen LogP contribution in [0.2, 0.25) is 0 Å². The van der Waals surface area contributed by atoms with Gasteiger partial charge in [0, 0.05) is 0 Å². The summed E-state index contributed by atoms with van der Waals surface area (Å²) in [5.74, 6) is 0. The molecule has 0 nitrogen and oxygen atoms in total. The molecule has 0 saturated carbocycles. The molecule has 0 spiro atoms. The van der Waals surface area contributed by atoms with Gasteiger partial charge in [0.15, 0.2) is 0 Å². The zero-order chi connectivity index (χ0) is 28.2.